The first-order valence-corrected chi connectivity index (χ1v) is 6.29. The molecule has 1 atom stereocenters. The molecule has 3 heteroatoms. The van der Waals surface area contributed by atoms with Crippen molar-refractivity contribution in [2.45, 2.75) is 25.3 Å². The van der Waals surface area contributed by atoms with Gasteiger partial charge in [0.15, 0.2) is 0 Å². The standard InChI is InChI=1S/C13H18ClNO/c14-12-6-4-11(5-7-12)13(15-8-9-16)10-2-1-3-10/h4-7,10,13,15-16H,1-3,8-9H2. The summed E-state index contributed by atoms with van der Waals surface area (Å²) in [5.41, 5.74) is 1.28. The molecular formula is C13H18ClNO. The minimum absolute atomic E-state index is 0.191. The minimum Gasteiger partial charge on any atom is -0.395 e. The lowest BCUT2D eigenvalue weighted by molar-refractivity contribution is 0.212. The summed E-state index contributed by atoms with van der Waals surface area (Å²) in [6.07, 6.45) is 3.90. The number of hydrogen-bond acceptors (Lipinski definition) is 2. The van der Waals surface area contributed by atoms with Crippen molar-refractivity contribution >= 4 is 11.6 Å². The van der Waals surface area contributed by atoms with E-state index >= 15 is 0 Å². The molecule has 0 spiro atoms. The fourth-order valence-corrected chi connectivity index (χ4v) is 2.35. The van der Waals surface area contributed by atoms with Crippen LogP contribution < -0.4 is 5.32 Å². The summed E-state index contributed by atoms with van der Waals surface area (Å²) in [5, 5.41) is 13.1. The molecular weight excluding hydrogens is 222 g/mol. The average Bonchev–Trinajstić information content (AvgIpc) is 2.23. The van der Waals surface area contributed by atoms with Gasteiger partial charge in [0.05, 0.1) is 6.61 Å². The maximum Gasteiger partial charge on any atom is 0.0556 e. The van der Waals surface area contributed by atoms with Crippen LogP contribution >= 0.6 is 11.6 Å². The van der Waals surface area contributed by atoms with Crippen LogP contribution in [0.5, 0.6) is 0 Å². The Labute approximate surface area is 102 Å². The van der Waals surface area contributed by atoms with Crippen LogP contribution in [0.15, 0.2) is 24.3 Å². The number of aliphatic hydroxyl groups is 1. The Hall–Kier alpha value is -0.570. The predicted molar refractivity (Wildman–Crippen MR) is 66.6 cm³/mol. The van der Waals surface area contributed by atoms with Crippen LogP contribution in [-0.4, -0.2) is 18.3 Å². The van der Waals surface area contributed by atoms with Crippen LogP contribution in [0.2, 0.25) is 5.02 Å². The highest BCUT2D eigenvalue weighted by Gasteiger charge is 2.27. The zero-order valence-electron chi connectivity index (χ0n) is 9.32. The van der Waals surface area contributed by atoms with Gasteiger partial charge >= 0.3 is 0 Å². The Bertz CT molecular complexity index is 321. The van der Waals surface area contributed by atoms with Gasteiger partial charge in [0, 0.05) is 17.6 Å². The number of hydrogen-bond donors (Lipinski definition) is 2. The lowest BCUT2D eigenvalue weighted by Gasteiger charge is -2.34. The van der Waals surface area contributed by atoms with Gasteiger partial charge in [-0.2, -0.15) is 0 Å². The molecule has 0 aromatic heterocycles. The SMILES string of the molecule is OCCNC(c1ccc(Cl)cc1)C1CCC1. The van der Waals surface area contributed by atoms with Crippen molar-refractivity contribution in [3.8, 4) is 0 Å². The molecule has 0 amide bonds. The van der Waals surface area contributed by atoms with Crippen LogP contribution in [0.25, 0.3) is 0 Å². The van der Waals surface area contributed by atoms with Gasteiger partial charge in [-0.25, -0.2) is 0 Å². The molecule has 2 nitrogen and oxygen atoms in total. The fourth-order valence-electron chi connectivity index (χ4n) is 2.22. The van der Waals surface area contributed by atoms with Gasteiger partial charge in [-0.1, -0.05) is 30.2 Å². The van der Waals surface area contributed by atoms with E-state index in [4.69, 9.17) is 16.7 Å². The van der Waals surface area contributed by atoms with E-state index < -0.39 is 0 Å². The monoisotopic (exact) mass is 239 g/mol. The fraction of sp³-hybridized carbons (Fsp3) is 0.538. The first-order chi connectivity index (χ1) is 7.81. The Morgan fingerprint density at radius 3 is 2.50 bits per heavy atom. The molecule has 1 unspecified atom stereocenters. The second kappa shape index (κ2) is 5.67. The van der Waals surface area contributed by atoms with E-state index in [1.807, 2.05) is 12.1 Å². The van der Waals surface area contributed by atoms with Gasteiger partial charge in [0.2, 0.25) is 0 Å². The maximum atomic E-state index is 8.90. The summed E-state index contributed by atoms with van der Waals surface area (Å²) in [5.74, 6) is 0.715. The average molecular weight is 240 g/mol. The predicted octanol–water partition coefficient (Wildman–Crippen LogP) is 2.76. The molecule has 1 aliphatic carbocycles. The Morgan fingerprint density at radius 1 is 1.31 bits per heavy atom. The Morgan fingerprint density at radius 2 is 2.00 bits per heavy atom. The number of halogens is 1. The molecule has 88 valence electrons. The number of benzene rings is 1. The Balaban J connectivity index is 2.07. The summed E-state index contributed by atoms with van der Waals surface area (Å²) >= 11 is 5.89. The molecule has 0 bridgehead atoms. The van der Waals surface area contributed by atoms with Gasteiger partial charge in [-0.3, -0.25) is 0 Å². The normalized spacial score (nSPS) is 18.1. The summed E-state index contributed by atoms with van der Waals surface area (Å²) in [6.45, 7) is 0.848. The molecule has 0 heterocycles. The molecule has 2 rings (SSSR count). The molecule has 0 aliphatic heterocycles. The molecule has 2 N–H and O–H groups in total. The van der Waals surface area contributed by atoms with Crippen molar-refractivity contribution < 1.29 is 5.11 Å². The van der Waals surface area contributed by atoms with Crippen molar-refractivity contribution in [2.75, 3.05) is 13.2 Å². The van der Waals surface area contributed by atoms with E-state index in [-0.39, 0.29) is 6.61 Å². The van der Waals surface area contributed by atoms with E-state index in [1.54, 1.807) is 0 Å². The zero-order valence-corrected chi connectivity index (χ0v) is 10.1. The van der Waals surface area contributed by atoms with E-state index in [1.165, 1.54) is 24.8 Å². The molecule has 1 aromatic carbocycles. The molecule has 1 fully saturated rings. The van der Waals surface area contributed by atoms with Crippen molar-refractivity contribution in [1.29, 1.82) is 0 Å². The molecule has 16 heavy (non-hydrogen) atoms. The second-order valence-corrected chi connectivity index (χ2v) is 4.83. The quantitative estimate of drug-likeness (QED) is 0.828. The van der Waals surface area contributed by atoms with E-state index in [0.717, 1.165) is 5.02 Å². The number of aliphatic hydroxyl groups excluding tert-OH is 1. The summed E-state index contributed by atoms with van der Waals surface area (Å²) in [7, 11) is 0. The van der Waals surface area contributed by atoms with Crippen LogP contribution in [0.1, 0.15) is 30.9 Å². The zero-order chi connectivity index (χ0) is 11.4. The summed E-state index contributed by atoms with van der Waals surface area (Å²) in [6, 6.07) is 8.40. The topological polar surface area (TPSA) is 32.3 Å². The maximum absolute atomic E-state index is 8.90. The first kappa shape index (κ1) is 11.9. The Kier molecular flexibility index (Phi) is 4.22. The first-order valence-electron chi connectivity index (χ1n) is 5.91. The van der Waals surface area contributed by atoms with Gasteiger partial charge < -0.3 is 10.4 Å². The highest BCUT2D eigenvalue weighted by molar-refractivity contribution is 6.30. The third-order valence-corrected chi connectivity index (χ3v) is 3.58. The van der Waals surface area contributed by atoms with Crippen LogP contribution in [-0.2, 0) is 0 Å². The summed E-state index contributed by atoms with van der Waals surface area (Å²) in [4.78, 5) is 0. The van der Waals surface area contributed by atoms with Crippen LogP contribution in [0.4, 0.5) is 0 Å². The highest BCUT2D eigenvalue weighted by Crippen LogP contribution is 2.37. The summed E-state index contributed by atoms with van der Waals surface area (Å²) < 4.78 is 0. The largest absolute Gasteiger partial charge is 0.395 e. The van der Waals surface area contributed by atoms with Crippen molar-refractivity contribution in [3.63, 3.8) is 0 Å². The van der Waals surface area contributed by atoms with Crippen LogP contribution in [0.3, 0.4) is 0 Å². The second-order valence-electron chi connectivity index (χ2n) is 4.40. The van der Waals surface area contributed by atoms with Gasteiger partial charge in [0.1, 0.15) is 0 Å². The molecule has 1 aromatic rings. The van der Waals surface area contributed by atoms with Gasteiger partial charge in [0.25, 0.3) is 0 Å². The molecule has 1 saturated carbocycles. The van der Waals surface area contributed by atoms with Crippen molar-refractivity contribution in [1.82, 2.24) is 5.32 Å². The van der Waals surface area contributed by atoms with E-state index in [9.17, 15) is 0 Å². The van der Waals surface area contributed by atoms with Gasteiger partial charge in [-0.15, -0.1) is 0 Å². The van der Waals surface area contributed by atoms with E-state index in [2.05, 4.69) is 17.4 Å². The lowest BCUT2D eigenvalue weighted by atomic mass is 9.77. The van der Waals surface area contributed by atoms with Crippen molar-refractivity contribution in [2.24, 2.45) is 5.92 Å². The third kappa shape index (κ3) is 2.76. The number of nitrogens with one attached hydrogen (secondary N) is 1. The van der Waals surface area contributed by atoms with E-state index in [0.29, 0.717) is 18.5 Å². The number of rotatable bonds is 5. The molecule has 1 aliphatic rings. The van der Waals surface area contributed by atoms with Crippen molar-refractivity contribution in [3.05, 3.63) is 34.9 Å². The lowest BCUT2D eigenvalue weighted by Crippen LogP contribution is -2.33. The third-order valence-electron chi connectivity index (χ3n) is 3.33. The smallest absolute Gasteiger partial charge is 0.0556 e. The molecule has 0 radical (unpaired) electrons. The molecule has 0 saturated heterocycles. The van der Waals surface area contributed by atoms with Gasteiger partial charge in [-0.05, 0) is 36.5 Å². The van der Waals surface area contributed by atoms with Crippen LogP contribution in [0, 0.1) is 5.92 Å². The highest BCUT2D eigenvalue weighted by atomic mass is 35.5. The minimum atomic E-state index is 0.191.